The van der Waals surface area contributed by atoms with Gasteiger partial charge in [0, 0.05) is 17.3 Å². The minimum atomic E-state index is -0.311. The van der Waals surface area contributed by atoms with Crippen molar-refractivity contribution in [2.24, 2.45) is 0 Å². The first-order valence-corrected chi connectivity index (χ1v) is 8.87. The summed E-state index contributed by atoms with van der Waals surface area (Å²) in [6.07, 6.45) is 1.86. The van der Waals surface area contributed by atoms with E-state index in [2.05, 4.69) is 91.4 Å². The molecule has 0 radical (unpaired) electrons. The lowest BCUT2D eigenvalue weighted by molar-refractivity contribution is 0.763. The normalized spacial score (nSPS) is 20.3. The smallest absolute Gasteiger partial charge is 0.0947 e. The predicted molar refractivity (Wildman–Crippen MR) is 97.5 cm³/mol. The summed E-state index contributed by atoms with van der Waals surface area (Å²) in [5.41, 5.74) is 5.98. The molecule has 3 aromatic rings. The van der Waals surface area contributed by atoms with Crippen LogP contribution in [0.4, 0.5) is 0 Å². The lowest BCUT2D eigenvalue weighted by Crippen LogP contribution is -2.22. The SMILES string of the molecule is BrC(c1ccccc1)C1(Br)c2ccccc2-c2ncccc21. The summed E-state index contributed by atoms with van der Waals surface area (Å²) >= 11 is 7.99. The summed E-state index contributed by atoms with van der Waals surface area (Å²) in [7, 11) is 0. The molecule has 3 heteroatoms. The Labute approximate surface area is 146 Å². The zero-order chi connectivity index (χ0) is 15.2. The molecule has 1 aliphatic rings. The number of aromatic nitrogens is 1. The zero-order valence-electron chi connectivity index (χ0n) is 11.7. The van der Waals surface area contributed by atoms with E-state index in [4.69, 9.17) is 0 Å². The highest BCUT2D eigenvalue weighted by Gasteiger charge is 2.47. The second-order valence-corrected chi connectivity index (χ2v) is 7.60. The molecule has 0 spiro atoms. The molecule has 22 heavy (non-hydrogen) atoms. The van der Waals surface area contributed by atoms with E-state index in [9.17, 15) is 0 Å². The monoisotopic (exact) mass is 413 g/mol. The van der Waals surface area contributed by atoms with Crippen LogP contribution < -0.4 is 0 Å². The van der Waals surface area contributed by atoms with Gasteiger partial charge in [-0.2, -0.15) is 0 Å². The van der Waals surface area contributed by atoms with Crippen LogP contribution in [0.25, 0.3) is 11.3 Å². The lowest BCUT2D eigenvalue weighted by atomic mass is 9.90. The number of pyridine rings is 1. The van der Waals surface area contributed by atoms with Crippen LogP contribution in [-0.4, -0.2) is 4.98 Å². The van der Waals surface area contributed by atoms with Crippen molar-refractivity contribution in [1.29, 1.82) is 0 Å². The van der Waals surface area contributed by atoms with Crippen molar-refractivity contribution < 1.29 is 0 Å². The summed E-state index contributed by atoms with van der Waals surface area (Å²) in [6.45, 7) is 0. The highest BCUT2D eigenvalue weighted by Crippen LogP contribution is 2.60. The van der Waals surface area contributed by atoms with E-state index in [1.807, 2.05) is 18.3 Å². The second kappa shape index (κ2) is 5.32. The Kier molecular flexibility index (Phi) is 3.43. The van der Waals surface area contributed by atoms with Crippen LogP contribution in [0.15, 0.2) is 72.9 Å². The van der Waals surface area contributed by atoms with Gasteiger partial charge in [-0.25, -0.2) is 0 Å². The van der Waals surface area contributed by atoms with Gasteiger partial charge in [0.05, 0.1) is 14.8 Å². The van der Waals surface area contributed by atoms with E-state index in [-0.39, 0.29) is 9.15 Å². The van der Waals surface area contributed by atoms with Crippen LogP contribution in [0.2, 0.25) is 0 Å². The molecule has 2 unspecified atom stereocenters. The molecule has 1 aliphatic carbocycles. The van der Waals surface area contributed by atoms with Gasteiger partial charge in [0.15, 0.2) is 0 Å². The van der Waals surface area contributed by atoms with Crippen molar-refractivity contribution in [2.45, 2.75) is 9.15 Å². The van der Waals surface area contributed by atoms with Crippen LogP contribution >= 0.6 is 31.9 Å². The van der Waals surface area contributed by atoms with Gasteiger partial charge in [0.2, 0.25) is 0 Å². The highest BCUT2D eigenvalue weighted by atomic mass is 79.9. The number of benzene rings is 2. The van der Waals surface area contributed by atoms with Crippen molar-refractivity contribution in [3.05, 3.63) is 89.6 Å². The first-order valence-electron chi connectivity index (χ1n) is 7.16. The summed E-state index contributed by atoms with van der Waals surface area (Å²) in [5.74, 6) is 0. The fourth-order valence-electron chi connectivity index (χ4n) is 3.19. The molecular weight excluding hydrogens is 402 g/mol. The quantitative estimate of drug-likeness (QED) is 0.480. The molecular formula is C19H13Br2N. The molecule has 0 N–H and O–H groups in total. The molecule has 1 heterocycles. The zero-order valence-corrected chi connectivity index (χ0v) is 14.9. The van der Waals surface area contributed by atoms with Crippen LogP contribution in [0.5, 0.6) is 0 Å². The Bertz CT molecular complexity index is 784. The first-order chi connectivity index (χ1) is 10.7. The maximum Gasteiger partial charge on any atom is 0.0947 e. The fourth-order valence-corrected chi connectivity index (χ4v) is 4.92. The molecule has 0 saturated carbocycles. The van der Waals surface area contributed by atoms with Gasteiger partial charge in [0.25, 0.3) is 0 Å². The number of halogens is 2. The summed E-state index contributed by atoms with van der Waals surface area (Å²) in [5, 5.41) is 0. The predicted octanol–water partition coefficient (Wildman–Crippen LogP) is 5.84. The minimum absolute atomic E-state index is 0.118. The third kappa shape index (κ3) is 1.92. The summed E-state index contributed by atoms with van der Waals surface area (Å²) in [6, 6.07) is 23.2. The van der Waals surface area contributed by atoms with Gasteiger partial charge in [0.1, 0.15) is 0 Å². The highest BCUT2D eigenvalue weighted by molar-refractivity contribution is 9.12. The average Bonchev–Trinajstić information content (AvgIpc) is 2.86. The van der Waals surface area contributed by atoms with Gasteiger partial charge in [-0.3, -0.25) is 4.98 Å². The van der Waals surface area contributed by atoms with Crippen LogP contribution in [0.3, 0.4) is 0 Å². The Hall–Kier alpha value is -1.45. The molecule has 0 fully saturated rings. The number of hydrogen-bond acceptors (Lipinski definition) is 1. The van der Waals surface area contributed by atoms with Crippen LogP contribution in [-0.2, 0) is 4.32 Å². The second-order valence-electron chi connectivity index (χ2n) is 5.43. The number of fused-ring (bicyclic) bond motifs is 3. The molecule has 1 aromatic heterocycles. The van der Waals surface area contributed by atoms with Crippen molar-refractivity contribution >= 4 is 31.9 Å². The summed E-state index contributed by atoms with van der Waals surface area (Å²) < 4.78 is -0.311. The average molecular weight is 415 g/mol. The van der Waals surface area contributed by atoms with Crippen LogP contribution in [0, 0.1) is 0 Å². The Morgan fingerprint density at radius 1 is 0.818 bits per heavy atom. The Morgan fingerprint density at radius 3 is 2.32 bits per heavy atom. The topological polar surface area (TPSA) is 12.9 Å². The molecule has 4 rings (SSSR count). The molecule has 1 nitrogen and oxygen atoms in total. The Morgan fingerprint density at radius 2 is 1.50 bits per heavy atom. The van der Waals surface area contributed by atoms with Gasteiger partial charge < -0.3 is 0 Å². The molecule has 108 valence electrons. The molecule has 2 aromatic carbocycles. The first kappa shape index (κ1) is 14.2. The fraction of sp³-hybridized carbons (Fsp3) is 0.105. The van der Waals surface area contributed by atoms with E-state index < -0.39 is 0 Å². The number of nitrogens with zero attached hydrogens (tertiary/aromatic N) is 1. The van der Waals surface area contributed by atoms with Gasteiger partial charge >= 0.3 is 0 Å². The lowest BCUT2D eigenvalue weighted by Gasteiger charge is -2.30. The molecule has 0 amide bonds. The minimum Gasteiger partial charge on any atom is -0.256 e. The molecule has 0 aliphatic heterocycles. The van der Waals surface area contributed by atoms with Crippen molar-refractivity contribution in [2.75, 3.05) is 0 Å². The van der Waals surface area contributed by atoms with E-state index in [0.29, 0.717) is 0 Å². The maximum absolute atomic E-state index is 4.62. The van der Waals surface area contributed by atoms with Crippen LogP contribution in [0.1, 0.15) is 21.5 Å². The third-order valence-corrected chi connectivity index (χ3v) is 7.36. The van der Waals surface area contributed by atoms with Crippen molar-refractivity contribution in [3.63, 3.8) is 0 Å². The van der Waals surface area contributed by atoms with E-state index in [1.54, 1.807) is 0 Å². The molecule has 2 atom stereocenters. The number of hydrogen-bond donors (Lipinski definition) is 0. The third-order valence-electron chi connectivity index (χ3n) is 4.22. The van der Waals surface area contributed by atoms with Crippen molar-refractivity contribution in [3.8, 4) is 11.3 Å². The molecule has 0 saturated heterocycles. The largest absolute Gasteiger partial charge is 0.256 e. The number of alkyl halides is 2. The van der Waals surface area contributed by atoms with Gasteiger partial charge in [-0.05, 0) is 17.2 Å². The standard InChI is InChI=1S/C19H13Br2N/c20-18(13-7-2-1-3-8-13)19(21)15-10-5-4-9-14(15)17-16(19)11-6-12-22-17/h1-12,18H. The maximum atomic E-state index is 4.62. The van der Waals surface area contributed by atoms with Crippen molar-refractivity contribution in [1.82, 2.24) is 4.98 Å². The molecule has 0 bridgehead atoms. The van der Waals surface area contributed by atoms with E-state index in [1.165, 1.54) is 22.3 Å². The van der Waals surface area contributed by atoms with Gasteiger partial charge in [-0.15, -0.1) is 0 Å². The van der Waals surface area contributed by atoms with E-state index >= 15 is 0 Å². The van der Waals surface area contributed by atoms with Gasteiger partial charge in [-0.1, -0.05) is 92.5 Å². The summed E-state index contributed by atoms with van der Waals surface area (Å²) in [4.78, 5) is 4.74. The Balaban J connectivity index is 1.98. The van der Waals surface area contributed by atoms with E-state index in [0.717, 1.165) is 5.69 Å². The number of rotatable bonds is 2.